The quantitative estimate of drug-likeness (QED) is 0.485. The first-order valence-corrected chi connectivity index (χ1v) is 9.48. The van der Waals surface area contributed by atoms with Crippen LogP contribution in [0.1, 0.15) is 54.4 Å². The van der Waals surface area contributed by atoms with Crippen molar-refractivity contribution in [2.45, 2.75) is 60.0 Å². The van der Waals surface area contributed by atoms with Crippen LogP contribution in [0.15, 0.2) is 50.7 Å². The van der Waals surface area contributed by atoms with E-state index in [-0.39, 0.29) is 23.7 Å². The monoisotopic (exact) mass is 386 g/mol. The second-order valence-corrected chi connectivity index (χ2v) is 8.09. The number of fused-ring (bicyclic) bond motifs is 1. The minimum atomic E-state index is -0.714. The maximum atomic E-state index is 12.3. The van der Waals surface area contributed by atoms with Crippen molar-refractivity contribution in [3.63, 3.8) is 0 Å². The van der Waals surface area contributed by atoms with Gasteiger partial charge < -0.3 is 19.0 Å². The molecular weight excluding hydrogens is 356 g/mol. The van der Waals surface area contributed by atoms with Crippen molar-refractivity contribution in [1.29, 1.82) is 0 Å². The van der Waals surface area contributed by atoms with Crippen molar-refractivity contribution in [1.82, 2.24) is 0 Å². The molecule has 28 heavy (non-hydrogen) atoms. The molecule has 0 aliphatic carbocycles. The molecule has 0 fully saturated rings. The van der Waals surface area contributed by atoms with Gasteiger partial charge in [-0.15, -0.1) is 0 Å². The molecule has 0 unspecified atom stereocenters. The van der Waals surface area contributed by atoms with Gasteiger partial charge in [-0.1, -0.05) is 23.3 Å². The predicted molar refractivity (Wildman–Crippen MR) is 112 cm³/mol. The Morgan fingerprint density at radius 2 is 1.89 bits per heavy atom. The maximum Gasteiger partial charge on any atom is 0.383 e. The van der Waals surface area contributed by atoms with E-state index < -0.39 is 11.2 Å². The zero-order valence-electron chi connectivity index (χ0n) is 17.6. The van der Waals surface area contributed by atoms with Gasteiger partial charge in [-0.3, -0.25) is 0 Å². The third-order valence-corrected chi connectivity index (χ3v) is 3.99. The Morgan fingerprint density at radius 3 is 2.54 bits per heavy atom. The highest BCUT2D eigenvalue weighted by Crippen LogP contribution is 2.38. The predicted octanol–water partition coefficient (Wildman–Crippen LogP) is 5.75. The summed E-state index contributed by atoms with van der Waals surface area (Å²) in [4.78, 5) is 12.3. The summed E-state index contributed by atoms with van der Waals surface area (Å²) in [5.41, 5.74) is 1.51. The molecule has 0 saturated heterocycles. The average Bonchev–Trinajstić information content (AvgIpc) is 2.55. The fraction of sp³-hybridized carbons (Fsp3) is 0.435. The molecule has 0 aliphatic heterocycles. The topological polar surface area (TPSA) is 68.9 Å². The molecule has 1 aromatic carbocycles. The van der Waals surface area contributed by atoms with Gasteiger partial charge in [-0.05, 0) is 72.6 Å². The number of benzene rings is 1. The molecule has 0 spiro atoms. The van der Waals surface area contributed by atoms with Gasteiger partial charge in [0.05, 0.1) is 0 Å². The largest absolute Gasteiger partial charge is 0.503 e. The van der Waals surface area contributed by atoms with Crippen molar-refractivity contribution < 1.29 is 19.0 Å². The second-order valence-electron chi connectivity index (χ2n) is 8.09. The van der Waals surface area contributed by atoms with E-state index >= 15 is 0 Å². The molecule has 2 aromatic rings. The van der Waals surface area contributed by atoms with Crippen LogP contribution in [0.5, 0.6) is 17.2 Å². The lowest BCUT2D eigenvalue weighted by atomic mass is 10.1. The summed E-state index contributed by atoms with van der Waals surface area (Å²) in [6.45, 7) is 12.0. The van der Waals surface area contributed by atoms with E-state index in [9.17, 15) is 9.90 Å². The van der Waals surface area contributed by atoms with E-state index in [1.807, 2.05) is 33.8 Å². The number of allylic oxidation sites excluding steroid dienone is 3. The Morgan fingerprint density at radius 1 is 1.18 bits per heavy atom. The van der Waals surface area contributed by atoms with Crippen LogP contribution in [0.4, 0.5) is 0 Å². The minimum absolute atomic E-state index is 0.173. The van der Waals surface area contributed by atoms with Crippen LogP contribution >= 0.6 is 0 Å². The molecule has 0 amide bonds. The highest BCUT2D eigenvalue weighted by molar-refractivity contribution is 5.91. The molecule has 152 valence electrons. The van der Waals surface area contributed by atoms with Crippen molar-refractivity contribution in [3.8, 4) is 17.2 Å². The summed E-state index contributed by atoms with van der Waals surface area (Å²) in [5, 5.41) is 11.0. The third kappa shape index (κ3) is 5.91. The molecule has 0 saturated carbocycles. The van der Waals surface area contributed by atoms with Gasteiger partial charge in [0.15, 0.2) is 5.75 Å². The summed E-state index contributed by atoms with van der Waals surface area (Å²) in [5.74, 6) is -0.0305. The Hall–Kier alpha value is -2.69. The molecular formula is C23H30O5. The lowest BCUT2D eigenvalue weighted by Crippen LogP contribution is -2.23. The number of ether oxygens (including phenoxy) is 2. The van der Waals surface area contributed by atoms with Gasteiger partial charge in [-0.2, -0.15) is 0 Å². The van der Waals surface area contributed by atoms with Gasteiger partial charge in [0, 0.05) is 0 Å². The molecule has 1 N–H and O–H groups in total. The summed E-state index contributed by atoms with van der Waals surface area (Å²) >= 11 is 0. The lowest BCUT2D eigenvalue weighted by Gasteiger charge is -2.22. The Balaban J connectivity index is 2.26. The Kier molecular flexibility index (Phi) is 6.95. The van der Waals surface area contributed by atoms with Crippen molar-refractivity contribution >= 4 is 11.0 Å². The summed E-state index contributed by atoms with van der Waals surface area (Å²) in [7, 11) is 0. The van der Waals surface area contributed by atoms with Crippen molar-refractivity contribution in [3.05, 3.63) is 51.9 Å². The molecule has 0 bridgehead atoms. The number of hydrogen-bond donors (Lipinski definition) is 1. The van der Waals surface area contributed by atoms with E-state index in [4.69, 9.17) is 13.9 Å². The fourth-order valence-electron chi connectivity index (χ4n) is 2.69. The molecule has 1 aromatic heterocycles. The summed E-state index contributed by atoms with van der Waals surface area (Å²) in [6, 6.07) is 5.05. The zero-order valence-corrected chi connectivity index (χ0v) is 17.6. The normalized spacial score (nSPS) is 12.1. The van der Waals surface area contributed by atoms with Crippen LogP contribution in [0.25, 0.3) is 11.0 Å². The van der Waals surface area contributed by atoms with Crippen LogP contribution in [-0.2, 0) is 0 Å². The summed E-state index contributed by atoms with van der Waals surface area (Å²) < 4.78 is 16.8. The number of hydrogen-bond acceptors (Lipinski definition) is 5. The van der Waals surface area contributed by atoms with Gasteiger partial charge in [0.25, 0.3) is 0 Å². The lowest BCUT2D eigenvalue weighted by molar-refractivity contribution is 0.133. The minimum Gasteiger partial charge on any atom is -0.503 e. The second kappa shape index (κ2) is 9.00. The van der Waals surface area contributed by atoms with Gasteiger partial charge in [-0.25, -0.2) is 4.79 Å². The van der Waals surface area contributed by atoms with Crippen LogP contribution in [0, 0.1) is 0 Å². The van der Waals surface area contributed by atoms with E-state index in [0.29, 0.717) is 11.1 Å². The van der Waals surface area contributed by atoms with Crippen LogP contribution in [0.3, 0.4) is 0 Å². The Labute approximate surface area is 166 Å². The van der Waals surface area contributed by atoms with Gasteiger partial charge in [0.1, 0.15) is 28.9 Å². The molecule has 0 atom stereocenters. The smallest absolute Gasteiger partial charge is 0.383 e. The Bertz CT molecular complexity index is 938. The first-order valence-electron chi connectivity index (χ1n) is 9.48. The third-order valence-electron chi connectivity index (χ3n) is 3.99. The maximum absolute atomic E-state index is 12.3. The molecule has 0 radical (unpaired) electrons. The number of rotatable bonds is 7. The standard InChI is InChI=1S/C23H30O5/c1-15(2)9-7-10-16(3)13-14-26-21-20(24)19-17(27-22(21)25)11-8-12-18(19)28-23(4,5)6/h8-9,11-13,24H,7,10,14H2,1-6H3. The first-order chi connectivity index (χ1) is 13.1. The molecule has 5 heteroatoms. The molecule has 0 aliphatic rings. The highest BCUT2D eigenvalue weighted by Gasteiger charge is 2.21. The van der Waals surface area contributed by atoms with E-state index in [0.717, 1.165) is 18.4 Å². The molecule has 2 rings (SSSR count). The van der Waals surface area contributed by atoms with E-state index in [2.05, 4.69) is 19.9 Å². The summed E-state index contributed by atoms with van der Waals surface area (Å²) in [6.07, 6.45) is 5.95. The van der Waals surface area contributed by atoms with Crippen molar-refractivity contribution in [2.24, 2.45) is 0 Å². The molecule has 1 heterocycles. The van der Waals surface area contributed by atoms with Crippen molar-refractivity contribution in [2.75, 3.05) is 6.61 Å². The zero-order chi connectivity index (χ0) is 20.9. The van der Waals surface area contributed by atoms with Gasteiger partial charge in [0.2, 0.25) is 5.75 Å². The fourth-order valence-corrected chi connectivity index (χ4v) is 2.69. The van der Waals surface area contributed by atoms with Crippen LogP contribution < -0.4 is 15.1 Å². The first kappa shape index (κ1) is 21.6. The van der Waals surface area contributed by atoms with Crippen LogP contribution in [-0.4, -0.2) is 17.3 Å². The van der Waals surface area contributed by atoms with E-state index in [1.165, 1.54) is 5.57 Å². The SMILES string of the molecule is CC(C)=CCCC(C)=CCOc1c(O)c2c(OC(C)(C)C)cccc2oc1=O. The van der Waals surface area contributed by atoms with Crippen LogP contribution in [0.2, 0.25) is 0 Å². The highest BCUT2D eigenvalue weighted by atomic mass is 16.5. The number of aromatic hydroxyl groups is 1. The van der Waals surface area contributed by atoms with Gasteiger partial charge >= 0.3 is 5.63 Å². The molecule has 5 nitrogen and oxygen atoms in total. The average molecular weight is 386 g/mol. The van der Waals surface area contributed by atoms with E-state index in [1.54, 1.807) is 18.2 Å².